The molecule has 6 nitrogen and oxygen atoms in total. The second kappa shape index (κ2) is 9.90. The highest BCUT2D eigenvalue weighted by molar-refractivity contribution is 7.36. The fourth-order valence-corrected chi connectivity index (χ4v) is 3.11. The van der Waals surface area contributed by atoms with Gasteiger partial charge in [0.15, 0.2) is 6.04 Å². The van der Waals surface area contributed by atoms with E-state index in [0.717, 1.165) is 6.92 Å². The number of hydrogen-bond donors (Lipinski definition) is 0. The third-order valence-electron chi connectivity index (χ3n) is 3.53. The molecule has 0 bridgehead atoms. The number of para-hydroxylation sites is 1. The maximum atomic E-state index is 14.0. The zero-order valence-corrected chi connectivity index (χ0v) is 16.9. The van der Waals surface area contributed by atoms with Gasteiger partial charge in [-0.05, 0) is 37.7 Å². The van der Waals surface area contributed by atoms with E-state index in [2.05, 4.69) is 0 Å². The first kappa shape index (κ1) is 23.6. The van der Waals surface area contributed by atoms with Crippen LogP contribution in [0.5, 0.6) is 11.5 Å². The summed E-state index contributed by atoms with van der Waals surface area (Å²) in [4.78, 5) is 17.1. The van der Waals surface area contributed by atoms with Gasteiger partial charge in [0.25, 0.3) is 0 Å². The minimum Gasteiger partial charge on any atom is -0.462 e. The summed E-state index contributed by atoms with van der Waals surface area (Å²) in [5.74, 6) is -14.3. The van der Waals surface area contributed by atoms with Crippen LogP contribution in [0.3, 0.4) is 0 Å². The Kier molecular flexibility index (Phi) is 7.80. The monoisotopic (exact) mass is 453 g/mol. The zero-order valence-electron chi connectivity index (χ0n) is 15.9. The number of halogens is 5. The van der Waals surface area contributed by atoms with E-state index in [4.69, 9.17) is 14.1 Å². The van der Waals surface area contributed by atoms with E-state index in [0.29, 0.717) is 0 Å². The fourth-order valence-electron chi connectivity index (χ4n) is 2.10. The molecule has 12 heteroatoms. The van der Waals surface area contributed by atoms with Crippen LogP contribution < -0.4 is 9.36 Å². The van der Waals surface area contributed by atoms with Crippen LogP contribution in [-0.4, -0.2) is 22.9 Å². The van der Waals surface area contributed by atoms with E-state index in [9.17, 15) is 31.3 Å². The Morgan fingerprint density at radius 2 is 1.40 bits per heavy atom. The molecular formula is C18H17F5NO5P. The number of benzene rings is 2. The number of hydrogen-bond acceptors (Lipinski definition) is 5. The van der Waals surface area contributed by atoms with Gasteiger partial charge in [-0.25, -0.2) is 13.2 Å². The molecule has 2 aromatic carbocycles. The summed E-state index contributed by atoms with van der Waals surface area (Å²) < 4.78 is 90.9. The lowest BCUT2D eigenvalue weighted by Crippen LogP contribution is -2.39. The lowest BCUT2D eigenvalue weighted by atomic mass is 10.3. The molecule has 0 aliphatic heterocycles. The minimum absolute atomic E-state index is 0.0387. The van der Waals surface area contributed by atoms with Crippen LogP contribution in [-0.2, 0) is 14.1 Å². The van der Waals surface area contributed by atoms with E-state index in [1.807, 2.05) is 0 Å². The first-order valence-electron chi connectivity index (χ1n) is 8.50. The highest BCUT2D eigenvalue weighted by Gasteiger charge is 2.35. The average molecular weight is 453 g/mol. The van der Waals surface area contributed by atoms with Gasteiger partial charge in [-0.15, -0.1) is 0 Å². The largest absolute Gasteiger partial charge is 0.462 e. The highest BCUT2D eigenvalue weighted by Crippen LogP contribution is 2.37. The van der Waals surface area contributed by atoms with Crippen molar-refractivity contribution in [1.29, 1.82) is 0 Å². The molecule has 1 unspecified atom stereocenters. The lowest BCUT2D eigenvalue weighted by Gasteiger charge is -2.27. The Balaban J connectivity index is 2.44. The summed E-state index contributed by atoms with van der Waals surface area (Å²) in [6, 6.07) is 5.84. The number of ether oxygens (including phenoxy) is 1. The normalized spacial score (nSPS) is 13.3. The molecule has 164 valence electrons. The Labute approximate surface area is 169 Å². The van der Waals surface area contributed by atoms with Crippen molar-refractivity contribution < 1.29 is 45.4 Å². The van der Waals surface area contributed by atoms with Crippen molar-refractivity contribution in [3.05, 3.63) is 59.4 Å². The van der Waals surface area contributed by atoms with Gasteiger partial charge in [0, 0.05) is 0 Å². The number of carbonyl (C=O) groups is 1. The van der Waals surface area contributed by atoms with Crippen LogP contribution >= 0.6 is 8.18 Å². The number of rotatable bonds is 8. The minimum atomic E-state index is -3.64. The molecule has 0 aliphatic carbocycles. The quantitative estimate of drug-likeness (QED) is 0.143. The molecule has 0 heterocycles. The second-order valence-electron chi connectivity index (χ2n) is 6.16. The molecule has 0 saturated heterocycles. The van der Waals surface area contributed by atoms with Gasteiger partial charge in [0.05, 0.1) is 6.10 Å². The summed E-state index contributed by atoms with van der Waals surface area (Å²) in [6.45, 7) is 4.10. The van der Waals surface area contributed by atoms with Crippen molar-refractivity contribution in [3.63, 3.8) is 0 Å². The van der Waals surface area contributed by atoms with Crippen LogP contribution in [0.4, 0.5) is 22.0 Å². The van der Waals surface area contributed by atoms with Crippen LogP contribution in [0.1, 0.15) is 20.8 Å². The van der Waals surface area contributed by atoms with E-state index >= 15 is 0 Å². The van der Waals surface area contributed by atoms with Crippen molar-refractivity contribution in [2.24, 2.45) is 0 Å². The molecule has 2 aromatic rings. The Morgan fingerprint density at radius 1 is 0.900 bits per heavy atom. The van der Waals surface area contributed by atoms with Gasteiger partial charge in [-0.1, -0.05) is 18.2 Å². The summed E-state index contributed by atoms with van der Waals surface area (Å²) >= 11 is 0. The Hall–Kier alpha value is -2.65. The smallest absolute Gasteiger partial charge is 0.340 e. The van der Waals surface area contributed by atoms with Gasteiger partial charge in [0.1, 0.15) is 5.75 Å². The standard InChI is InChI=1S/C18H17F5NO5P/c1-9(2)27-18(25)10(3)24(30(26)29-11-7-5-4-6-8-11)28-17-15(22)13(20)12(19)14(21)16(17)23/h4-10,30H,1-3H3/t10-/m0/s1. The molecule has 0 aliphatic rings. The zero-order chi connectivity index (χ0) is 22.6. The molecule has 0 aromatic heterocycles. The first-order valence-corrected chi connectivity index (χ1v) is 9.76. The number of hydroxylamine groups is 1. The molecule has 30 heavy (non-hydrogen) atoms. The van der Waals surface area contributed by atoms with E-state index in [-0.39, 0.29) is 10.6 Å². The van der Waals surface area contributed by atoms with E-state index in [1.54, 1.807) is 6.07 Å². The third kappa shape index (κ3) is 5.28. The fraction of sp³-hybridized carbons (Fsp3) is 0.278. The van der Waals surface area contributed by atoms with Crippen LogP contribution in [0, 0.1) is 29.1 Å². The second-order valence-corrected chi connectivity index (χ2v) is 7.34. The summed E-state index contributed by atoms with van der Waals surface area (Å²) in [5.41, 5.74) is 0. The maximum Gasteiger partial charge on any atom is 0.340 e. The molecule has 2 rings (SSSR count). The third-order valence-corrected chi connectivity index (χ3v) is 4.78. The molecule has 0 fully saturated rings. The number of carbonyl (C=O) groups excluding carboxylic acids is 1. The van der Waals surface area contributed by atoms with Crippen LogP contribution in [0.2, 0.25) is 0 Å². The maximum absolute atomic E-state index is 14.0. The summed E-state index contributed by atoms with van der Waals surface area (Å²) in [7, 11) is -3.64. The molecule has 0 spiro atoms. The van der Waals surface area contributed by atoms with Gasteiger partial charge >= 0.3 is 14.1 Å². The SMILES string of the molecule is CC(C)OC(=O)[C@H](C)N(Oc1c(F)c(F)c(F)c(F)c1F)[PH](=O)Oc1ccccc1. The Bertz CT molecular complexity index is 915. The number of nitrogens with zero attached hydrogens (tertiary/aromatic N) is 1. The predicted octanol–water partition coefficient (Wildman–Crippen LogP) is 4.79. The van der Waals surface area contributed by atoms with E-state index < -0.39 is 61.1 Å². The van der Waals surface area contributed by atoms with Crippen molar-refractivity contribution in [2.45, 2.75) is 32.9 Å². The average Bonchev–Trinajstić information content (AvgIpc) is 2.70. The van der Waals surface area contributed by atoms with Gasteiger partial charge < -0.3 is 14.1 Å². The summed E-state index contributed by atoms with van der Waals surface area (Å²) in [5, 5.41) is 0. The van der Waals surface area contributed by atoms with Crippen LogP contribution in [0.25, 0.3) is 0 Å². The van der Waals surface area contributed by atoms with Crippen LogP contribution in [0.15, 0.2) is 30.3 Å². The van der Waals surface area contributed by atoms with Gasteiger partial charge in [-0.3, -0.25) is 9.36 Å². The van der Waals surface area contributed by atoms with Gasteiger partial charge in [-0.2, -0.15) is 8.78 Å². The number of esters is 1. The molecule has 0 saturated carbocycles. The van der Waals surface area contributed by atoms with Gasteiger partial charge in [0.2, 0.25) is 34.8 Å². The highest BCUT2D eigenvalue weighted by atomic mass is 31.1. The molecule has 0 radical (unpaired) electrons. The van der Waals surface area contributed by atoms with Crippen molar-refractivity contribution in [2.75, 3.05) is 0 Å². The molecule has 2 atom stereocenters. The summed E-state index contributed by atoms with van der Waals surface area (Å²) in [6.07, 6.45) is -0.617. The van der Waals surface area contributed by atoms with Crippen molar-refractivity contribution in [1.82, 2.24) is 4.83 Å². The van der Waals surface area contributed by atoms with E-state index in [1.165, 1.54) is 38.1 Å². The van der Waals surface area contributed by atoms with Crippen molar-refractivity contribution >= 4 is 14.1 Å². The molecule has 0 N–H and O–H groups in total. The first-order chi connectivity index (χ1) is 14.0. The molecular weight excluding hydrogens is 436 g/mol. The topological polar surface area (TPSA) is 65.1 Å². The lowest BCUT2D eigenvalue weighted by molar-refractivity contribution is -0.158. The van der Waals surface area contributed by atoms with Crippen molar-refractivity contribution in [3.8, 4) is 11.5 Å². The Morgan fingerprint density at radius 3 is 1.90 bits per heavy atom. The molecule has 0 amide bonds. The predicted molar refractivity (Wildman–Crippen MR) is 95.5 cm³/mol.